The van der Waals surface area contributed by atoms with Crippen LogP contribution in [0.5, 0.6) is 0 Å². The van der Waals surface area contributed by atoms with Crippen LogP contribution >= 0.6 is 0 Å². The molecule has 0 saturated heterocycles. The molecule has 106 valence electrons. The Labute approximate surface area is 114 Å². The van der Waals surface area contributed by atoms with E-state index >= 15 is 0 Å². The lowest BCUT2D eigenvalue weighted by Gasteiger charge is -2.25. The summed E-state index contributed by atoms with van der Waals surface area (Å²) in [5.74, 6) is -1.13. The molecule has 1 aromatic carbocycles. The summed E-state index contributed by atoms with van der Waals surface area (Å²) in [6.45, 7) is 8.69. The molecule has 4 heteroatoms. The molecule has 0 heterocycles. The summed E-state index contributed by atoms with van der Waals surface area (Å²) in [7, 11) is 0. The quantitative estimate of drug-likeness (QED) is 0.855. The van der Waals surface area contributed by atoms with Crippen molar-refractivity contribution in [2.24, 2.45) is 5.41 Å². The molecule has 0 radical (unpaired) electrons. The molecular weight excluding hydrogens is 245 g/mol. The van der Waals surface area contributed by atoms with Crippen molar-refractivity contribution in [3.05, 3.63) is 29.8 Å². The first-order valence-electron chi connectivity index (χ1n) is 6.56. The number of carboxylic acid groups (broad SMARTS) is 1. The Morgan fingerprint density at radius 3 is 2.11 bits per heavy atom. The number of rotatable bonds is 6. The number of aliphatic carboxylic acids is 1. The van der Waals surface area contributed by atoms with Crippen molar-refractivity contribution in [1.29, 1.82) is 0 Å². The van der Waals surface area contributed by atoms with E-state index in [-0.39, 0.29) is 0 Å². The van der Waals surface area contributed by atoms with Gasteiger partial charge in [0.1, 0.15) is 6.17 Å². The van der Waals surface area contributed by atoms with Gasteiger partial charge in [0.25, 0.3) is 0 Å². The van der Waals surface area contributed by atoms with E-state index in [0.29, 0.717) is 5.56 Å². The van der Waals surface area contributed by atoms with Crippen LogP contribution in [0.15, 0.2) is 24.3 Å². The Morgan fingerprint density at radius 1 is 1.26 bits per heavy atom. The third kappa shape index (κ3) is 3.25. The van der Waals surface area contributed by atoms with Gasteiger partial charge in [-0.2, -0.15) is 0 Å². The van der Waals surface area contributed by atoms with Crippen LogP contribution in [0, 0.1) is 5.41 Å². The first kappa shape index (κ1) is 15.5. The minimum absolute atomic E-state index is 0.406. The summed E-state index contributed by atoms with van der Waals surface area (Å²) in [5.41, 5.74) is 0.00821. The van der Waals surface area contributed by atoms with Crippen molar-refractivity contribution in [3.8, 4) is 0 Å². The number of hydrogen-bond acceptors (Lipinski definition) is 2. The average Bonchev–Trinajstić information content (AvgIpc) is 2.40. The van der Waals surface area contributed by atoms with Crippen LogP contribution in [0.25, 0.3) is 0 Å². The smallest absolute Gasteiger partial charge is 0.312 e. The van der Waals surface area contributed by atoms with E-state index in [2.05, 4.69) is 18.7 Å². The first-order chi connectivity index (χ1) is 8.84. The maximum atomic E-state index is 14.3. The minimum atomic E-state index is -1.52. The average molecular weight is 267 g/mol. The summed E-state index contributed by atoms with van der Waals surface area (Å²) < 4.78 is 14.3. The Bertz CT molecular complexity index is 424. The zero-order chi connectivity index (χ0) is 14.6. The van der Waals surface area contributed by atoms with E-state index < -0.39 is 17.6 Å². The van der Waals surface area contributed by atoms with Crippen molar-refractivity contribution in [2.45, 2.75) is 33.9 Å². The topological polar surface area (TPSA) is 40.5 Å². The molecule has 1 rings (SSSR count). The van der Waals surface area contributed by atoms with Crippen molar-refractivity contribution in [2.75, 3.05) is 18.0 Å². The molecule has 0 aliphatic carbocycles. The van der Waals surface area contributed by atoms with Crippen LogP contribution in [0.2, 0.25) is 0 Å². The SMILES string of the molecule is CCN(CC)c1ccc(C(F)C(C)(C)C(=O)O)cc1. The largest absolute Gasteiger partial charge is 0.481 e. The number of carboxylic acids is 1. The standard InChI is InChI=1S/C15H22FNO2/c1-5-17(6-2)12-9-7-11(8-10-12)13(16)15(3,4)14(18)19/h7-10,13H,5-6H2,1-4H3,(H,18,19). The zero-order valence-corrected chi connectivity index (χ0v) is 12.0. The van der Waals surface area contributed by atoms with Crippen LogP contribution in [0.1, 0.15) is 39.4 Å². The summed E-state index contributed by atoms with van der Waals surface area (Å²) in [4.78, 5) is 13.2. The molecule has 0 amide bonds. The van der Waals surface area contributed by atoms with Crippen LogP contribution in [-0.2, 0) is 4.79 Å². The fraction of sp³-hybridized carbons (Fsp3) is 0.533. The predicted octanol–water partition coefficient (Wildman–Crippen LogP) is 3.65. The number of anilines is 1. The highest BCUT2D eigenvalue weighted by molar-refractivity contribution is 5.74. The monoisotopic (exact) mass is 267 g/mol. The predicted molar refractivity (Wildman–Crippen MR) is 75.3 cm³/mol. The fourth-order valence-electron chi connectivity index (χ4n) is 1.97. The van der Waals surface area contributed by atoms with Gasteiger partial charge >= 0.3 is 5.97 Å². The first-order valence-corrected chi connectivity index (χ1v) is 6.56. The molecule has 1 unspecified atom stereocenters. The zero-order valence-electron chi connectivity index (χ0n) is 12.0. The van der Waals surface area contributed by atoms with Gasteiger partial charge < -0.3 is 10.0 Å². The molecule has 0 fully saturated rings. The van der Waals surface area contributed by atoms with E-state index in [1.165, 1.54) is 13.8 Å². The maximum Gasteiger partial charge on any atom is 0.312 e. The molecule has 0 aliphatic heterocycles. The number of benzene rings is 1. The molecule has 1 aromatic rings. The van der Waals surface area contributed by atoms with E-state index in [4.69, 9.17) is 5.11 Å². The van der Waals surface area contributed by atoms with Gasteiger partial charge in [0.05, 0.1) is 5.41 Å². The third-order valence-corrected chi connectivity index (χ3v) is 3.50. The second kappa shape index (κ2) is 6.04. The summed E-state index contributed by atoms with van der Waals surface area (Å²) in [6, 6.07) is 7.02. The number of hydrogen-bond donors (Lipinski definition) is 1. The van der Waals surface area contributed by atoms with Gasteiger partial charge in [-0.05, 0) is 45.4 Å². The Balaban J connectivity index is 2.96. The van der Waals surface area contributed by atoms with E-state index in [9.17, 15) is 9.18 Å². The highest BCUT2D eigenvalue weighted by Gasteiger charge is 2.38. The molecule has 0 aliphatic rings. The normalized spacial score (nSPS) is 13.1. The van der Waals surface area contributed by atoms with Crippen molar-refractivity contribution in [3.63, 3.8) is 0 Å². The molecule has 1 atom stereocenters. The molecule has 0 saturated carbocycles. The van der Waals surface area contributed by atoms with E-state index in [1.54, 1.807) is 12.1 Å². The van der Waals surface area contributed by atoms with Crippen molar-refractivity contribution < 1.29 is 14.3 Å². The number of halogens is 1. The number of nitrogens with zero attached hydrogens (tertiary/aromatic N) is 1. The highest BCUT2D eigenvalue weighted by atomic mass is 19.1. The number of carbonyl (C=O) groups is 1. The maximum absolute atomic E-state index is 14.3. The summed E-state index contributed by atoms with van der Waals surface area (Å²) >= 11 is 0. The lowest BCUT2D eigenvalue weighted by molar-refractivity contribution is -0.150. The highest BCUT2D eigenvalue weighted by Crippen LogP contribution is 2.37. The molecule has 0 aromatic heterocycles. The fourth-order valence-corrected chi connectivity index (χ4v) is 1.97. The molecule has 3 nitrogen and oxygen atoms in total. The van der Waals surface area contributed by atoms with Crippen molar-refractivity contribution in [1.82, 2.24) is 0 Å². The van der Waals surface area contributed by atoms with Gasteiger partial charge in [-0.25, -0.2) is 4.39 Å². The Kier molecular flexibility index (Phi) is 4.92. The van der Waals surface area contributed by atoms with Gasteiger partial charge in [-0.15, -0.1) is 0 Å². The second-order valence-electron chi connectivity index (χ2n) is 5.15. The molecule has 1 N–H and O–H groups in total. The van der Waals surface area contributed by atoms with Crippen LogP contribution < -0.4 is 4.90 Å². The van der Waals surface area contributed by atoms with Crippen LogP contribution in [0.3, 0.4) is 0 Å². The Hall–Kier alpha value is -1.58. The van der Waals surface area contributed by atoms with Crippen molar-refractivity contribution >= 4 is 11.7 Å². The lowest BCUT2D eigenvalue weighted by Crippen LogP contribution is -2.29. The minimum Gasteiger partial charge on any atom is -0.481 e. The third-order valence-electron chi connectivity index (χ3n) is 3.50. The second-order valence-corrected chi connectivity index (χ2v) is 5.15. The molecule has 0 spiro atoms. The van der Waals surface area contributed by atoms with Crippen LogP contribution in [0.4, 0.5) is 10.1 Å². The molecular formula is C15H22FNO2. The van der Waals surface area contributed by atoms with E-state index in [0.717, 1.165) is 18.8 Å². The lowest BCUT2D eigenvalue weighted by atomic mass is 9.84. The summed E-state index contributed by atoms with van der Waals surface area (Å²) in [6.07, 6.45) is -1.52. The van der Waals surface area contributed by atoms with Gasteiger partial charge in [0, 0.05) is 18.8 Å². The van der Waals surface area contributed by atoms with Gasteiger partial charge in [0.2, 0.25) is 0 Å². The molecule has 0 bridgehead atoms. The van der Waals surface area contributed by atoms with Crippen LogP contribution in [-0.4, -0.2) is 24.2 Å². The van der Waals surface area contributed by atoms with Gasteiger partial charge in [-0.3, -0.25) is 4.79 Å². The number of alkyl halides is 1. The molecule has 19 heavy (non-hydrogen) atoms. The van der Waals surface area contributed by atoms with Gasteiger partial charge in [-0.1, -0.05) is 12.1 Å². The Morgan fingerprint density at radius 2 is 1.74 bits per heavy atom. The van der Waals surface area contributed by atoms with Gasteiger partial charge in [0.15, 0.2) is 0 Å². The van der Waals surface area contributed by atoms with E-state index in [1.807, 2.05) is 12.1 Å². The summed E-state index contributed by atoms with van der Waals surface area (Å²) in [5, 5.41) is 9.04.